The molecule has 136 valence electrons. The van der Waals surface area contributed by atoms with Crippen molar-refractivity contribution in [2.24, 2.45) is 0 Å². The van der Waals surface area contributed by atoms with Gasteiger partial charge in [-0.3, -0.25) is 9.69 Å². The van der Waals surface area contributed by atoms with Gasteiger partial charge in [0.25, 0.3) is 5.78 Å². The molecule has 3 heterocycles. The van der Waals surface area contributed by atoms with Crippen molar-refractivity contribution in [1.29, 1.82) is 0 Å². The van der Waals surface area contributed by atoms with E-state index in [0.29, 0.717) is 12.2 Å². The first-order valence-corrected chi connectivity index (χ1v) is 8.68. The maximum atomic E-state index is 11.9. The van der Waals surface area contributed by atoms with Crippen LogP contribution in [0, 0.1) is 6.92 Å². The Labute approximate surface area is 147 Å². The molecule has 8 nitrogen and oxygen atoms in total. The summed E-state index contributed by atoms with van der Waals surface area (Å²) in [7, 11) is 0. The molecule has 0 aromatic carbocycles. The fraction of sp³-hybridized carbons (Fsp3) is 0.647. The van der Waals surface area contributed by atoms with E-state index in [2.05, 4.69) is 24.9 Å². The quantitative estimate of drug-likeness (QED) is 0.772. The predicted octanol–water partition coefficient (Wildman–Crippen LogP) is 1.29. The van der Waals surface area contributed by atoms with Crippen LogP contribution in [0.5, 0.6) is 0 Å². The third kappa shape index (κ3) is 4.45. The lowest BCUT2D eigenvalue weighted by Crippen LogP contribution is -2.47. The van der Waals surface area contributed by atoms with Crippen LogP contribution in [0.3, 0.4) is 0 Å². The number of carbonyl (C=O) groups excluding carboxylic acids is 1. The standard InChI is InChI=1S/C17H26N6O2/c1-13-11-14(23-16(20-13)18-12-19-23)22-9-7-21(8-10-22)6-5-15(24)25-17(2,3)4/h11-12H,5-10H2,1-4H3. The minimum Gasteiger partial charge on any atom is -0.460 e. The SMILES string of the molecule is Cc1cc(N2CCN(CCC(=O)OC(C)(C)C)CC2)n2ncnc2n1. The van der Waals surface area contributed by atoms with Crippen molar-refractivity contribution in [1.82, 2.24) is 24.5 Å². The first-order valence-electron chi connectivity index (χ1n) is 8.68. The summed E-state index contributed by atoms with van der Waals surface area (Å²) in [5, 5.41) is 4.27. The van der Waals surface area contributed by atoms with Crippen LogP contribution in [0.4, 0.5) is 5.82 Å². The molecule has 25 heavy (non-hydrogen) atoms. The topological polar surface area (TPSA) is 75.9 Å². The van der Waals surface area contributed by atoms with Gasteiger partial charge in [-0.2, -0.15) is 14.6 Å². The van der Waals surface area contributed by atoms with Crippen LogP contribution in [0.25, 0.3) is 5.78 Å². The molecular formula is C17H26N6O2. The zero-order chi connectivity index (χ0) is 18.0. The van der Waals surface area contributed by atoms with Gasteiger partial charge in [0, 0.05) is 44.5 Å². The summed E-state index contributed by atoms with van der Waals surface area (Å²) in [5.41, 5.74) is 0.515. The number of hydrogen-bond acceptors (Lipinski definition) is 7. The zero-order valence-electron chi connectivity index (χ0n) is 15.4. The molecule has 8 heteroatoms. The second kappa shape index (κ2) is 6.95. The average Bonchev–Trinajstić information content (AvgIpc) is 2.99. The van der Waals surface area contributed by atoms with E-state index < -0.39 is 5.60 Å². The molecule has 0 spiro atoms. The first kappa shape index (κ1) is 17.6. The van der Waals surface area contributed by atoms with Crippen molar-refractivity contribution in [3.63, 3.8) is 0 Å². The van der Waals surface area contributed by atoms with E-state index in [1.54, 1.807) is 4.52 Å². The van der Waals surface area contributed by atoms with Crippen LogP contribution in [-0.2, 0) is 9.53 Å². The molecule has 1 aliphatic rings. The lowest BCUT2D eigenvalue weighted by molar-refractivity contribution is -0.155. The number of aromatic nitrogens is 4. The Balaban J connectivity index is 1.55. The number of nitrogens with zero attached hydrogens (tertiary/aromatic N) is 6. The molecule has 0 bridgehead atoms. The molecule has 1 aliphatic heterocycles. The van der Waals surface area contributed by atoms with Gasteiger partial charge in [0.05, 0.1) is 6.42 Å². The van der Waals surface area contributed by atoms with Crippen molar-refractivity contribution in [2.75, 3.05) is 37.6 Å². The molecule has 0 unspecified atom stereocenters. The molecule has 2 aromatic heterocycles. The van der Waals surface area contributed by atoms with E-state index in [0.717, 1.165) is 44.2 Å². The Morgan fingerprint density at radius 1 is 1.24 bits per heavy atom. The van der Waals surface area contributed by atoms with Crippen molar-refractivity contribution < 1.29 is 9.53 Å². The summed E-state index contributed by atoms with van der Waals surface area (Å²) in [6, 6.07) is 2.04. The Bertz CT molecular complexity index is 743. The van der Waals surface area contributed by atoms with E-state index >= 15 is 0 Å². The summed E-state index contributed by atoms with van der Waals surface area (Å²) in [6.45, 7) is 12.0. The number of rotatable bonds is 4. The summed E-state index contributed by atoms with van der Waals surface area (Å²) in [5.74, 6) is 1.51. The molecule has 0 radical (unpaired) electrons. The van der Waals surface area contributed by atoms with Gasteiger partial charge in [0.2, 0.25) is 0 Å². The molecule has 0 N–H and O–H groups in total. The number of carbonyl (C=O) groups is 1. The Hall–Kier alpha value is -2.22. The second-order valence-corrected chi connectivity index (χ2v) is 7.39. The summed E-state index contributed by atoms with van der Waals surface area (Å²) in [4.78, 5) is 25.0. The van der Waals surface area contributed by atoms with Crippen LogP contribution in [0.1, 0.15) is 32.9 Å². The van der Waals surface area contributed by atoms with E-state index in [9.17, 15) is 4.79 Å². The number of fused-ring (bicyclic) bond motifs is 1. The normalized spacial score (nSPS) is 16.4. The highest BCUT2D eigenvalue weighted by Gasteiger charge is 2.22. The van der Waals surface area contributed by atoms with Crippen LogP contribution in [0.2, 0.25) is 0 Å². The Morgan fingerprint density at radius 2 is 1.96 bits per heavy atom. The first-order chi connectivity index (χ1) is 11.8. The monoisotopic (exact) mass is 346 g/mol. The molecule has 3 rings (SSSR count). The molecular weight excluding hydrogens is 320 g/mol. The van der Waals surface area contributed by atoms with Crippen LogP contribution in [0.15, 0.2) is 12.4 Å². The van der Waals surface area contributed by atoms with Gasteiger partial charge in [-0.05, 0) is 27.7 Å². The largest absolute Gasteiger partial charge is 0.460 e. The average molecular weight is 346 g/mol. The molecule has 2 aromatic rings. The third-order valence-electron chi connectivity index (χ3n) is 4.11. The van der Waals surface area contributed by atoms with Gasteiger partial charge in [-0.15, -0.1) is 0 Å². The fourth-order valence-corrected chi connectivity index (χ4v) is 2.98. The smallest absolute Gasteiger partial charge is 0.307 e. The highest BCUT2D eigenvalue weighted by Crippen LogP contribution is 2.18. The highest BCUT2D eigenvalue weighted by molar-refractivity contribution is 5.70. The summed E-state index contributed by atoms with van der Waals surface area (Å²) < 4.78 is 7.15. The van der Waals surface area contributed by atoms with Gasteiger partial charge in [0.15, 0.2) is 0 Å². The predicted molar refractivity (Wildman–Crippen MR) is 94.6 cm³/mol. The van der Waals surface area contributed by atoms with Crippen LogP contribution >= 0.6 is 0 Å². The van der Waals surface area contributed by atoms with Crippen LogP contribution in [-0.4, -0.2) is 68.8 Å². The lowest BCUT2D eigenvalue weighted by atomic mass is 10.2. The Morgan fingerprint density at radius 3 is 2.64 bits per heavy atom. The highest BCUT2D eigenvalue weighted by atomic mass is 16.6. The number of aryl methyl sites for hydroxylation is 1. The Kier molecular flexibility index (Phi) is 4.89. The van der Waals surface area contributed by atoms with Crippen molar-refractivity contribution in [3.8, 4) is 0 Å². The third-order valence-corrected chi connectivity index (χ3v) is 4.11. The van der Waals surface area contributed by atoms with Gasteiger partial charge in [-0.25, -0.2) is 4.98 Å². The molecule has 0 atom stereocenters. The van der Waals surface area contributed by atoms with E-state index in [1.165, 1.54) is 6.33 Å². The zero-order valence-corrected chi connectivity index (χ0v) is 15.4. The van der Waals surface area contributed by atoms with Gasteiger partial charge in [-0.1, -0.05) is 0 Å². The number of piperazine rings is 1. The maximum Gasteiger partial charge on any atom is 0.307 e. The van der Waals surface area contributed by atoms with Gasteiger partial charge in [0.1, 0.15) is 17.7 Å². The number of hydrogen-bond donors (Lipinski definition) is 0. The van der Waals surface area contributed by atoms with E-state index in [1.807, 2.05) is 33.8 Å². The maximum absolute atomic E-state index is 11.9. The molecule has 0 aliphatic carbocycles. The molecule has 1 saturated heterocycles. The summed E-state index contributed by atoms with van der Waals surface area (Å²) >= 11 is 0. The minimum absolute atomic E-state index is 0.135. The summed E-state index contributed by atoms with van der Waals surface area (Å²) in [6.07, 6.45) is 1.96. The molecule has 0 saturated carbocycles. The van der Waals surface area contributed by atoms with E-state index in [-0.39, 0.29) is 5.97 Å². The van der Waals surface area contributed by atoms with Crippen molar-refractivity contribution >= 4 is 17.6 Å². The van der Waals surface area contributed by atoms with E-state index in [4.69, 9.17) is 4.74 Å². The van der Waals surface area contributed by atoms with Gasteiger partial charge >= 0.3 is 5.97 Å². The van der Waals surface area contributed by atoms with Crippen molar-refractivity contribution in [3.05, 3.63) is 18.1 Å². The second-order valence-electron chi connectivity index (χ2n) is 7.39. The molecule has 0 amide bonds. The van der Waals surface area contributed by atoms with Gasteiger partial charge < -0.3 is 9.64 Å². The molecule has 1 fully saturated rings. The minimum atomic E-state index is -0.418. The number of anilines is 1. The number of ether oxygens (including phenoxy) is 1. The van der Waals surface area contributed by atoms with Crippen molar-refractivity contribution in [2.45, 2.75) is 39.7 Å². The van der Waals surface area contributed by atoms with Crippen LogP contribution < -0.4 is 4.90 Å². The number of esters is 1. The lowest BCUT2D eigenvalue weighted by Gasteiger charge is -2.35. The fourth-order valence-electron chi connectivity index (χ4n) is 2.98.